The van der Waals surface area contributed by atoms with Crippen molar-refractivity contribution in [3.8, 4) is 11.3 Å². The van der Waals surface area contributed by atoms with Crippen molar-refractivity contribution in [2.45, 2.75) is 45.1 Å². The molecular formula is C17H22N4OS. The number of carbonyl (C=O) groups is 1. The smallest absolute Gasteiger partial charge is 0.333 e. The molecular weight excluding hydrogens is 308 g/mol. The van der Waals surface area contributed by atoms with E-state index in [1.807, 2.05) is 5.38 Å². The van der Waals surface area contributed by atoms with E-state index in [1.54, 1.807) is 0 Å². The van der Waals surface area contributed by atoms with E-state index >= 15 is 0 Å². The molecule has 1 aliphatic rings. The van der Waals surface area contributed by atoms with Crippen LogP contribution in [0.1, 0.15) is 37.7 Å². The van der Waals surface area contributed by atoms with Gasteiger partial charge in [0, 0.05) is 17.0 Å². The molecule has 1 aliphatic carbocycles. The van der Waals surface area contributed by atoms with Gasteiger partial charge in [-0.1, -0.05) is 49.1 Å². The first-order valence-corrected chi connectivity index (χ1v) is 8.94. The number of hydrazine groups is 1. The molecule has 1 fully saturated rings. The summed E-state index contributed by atoms with van der Waals surface area (Å²) >= 11 is 1.47. The monoisotopic (exact) mass is 330 g/mol. The normalized spacial score (nSPS) is 15.2. The number of nitrogens with one attached hydrogen (secondary N) is 3. The summed E-state index contributed by atoms with van der Waals surface area (Å²) in [6.45, 7) is 2.06. The molecule has 0 atom stereocenters. The topological polar surface area (TPSA) is 66.0 Å². The quantitative estimate of drug-likeness (QED) is 0.740. The Morgan fingerprint density at radius 2 is 1.91 bits per heavy atom. The maximum atomic E-state index is 11.9. The predicted molar refractivity (Wildman–Crippen MR) is 94.5 cm³/mol. The minimum absolute atomic E-state index is 0.191. The van der Waals surface area contributed by atoms with Gasteiger partial charge in [0.25, 0.3) is 0 Å². The Kier molecular flexibility index (Phi) is 5.12. The highest BCUT2D eigenvalue weighted by atomic mass is 32.1. The Bertz CT molecular complexity index is 647. The number of carbonyl (C=O) groups excluding carboxylic acids is 1. The second kappa shape index (κ2) is 7.46. The molecule has 1 aromatic carbocycles. The van der Waals surface area contributed by atoms with Crippen molar-refractivity contribution in [1.29, 1.82) is 0 Å². The standard InChI is InChI=1S/C17H22N4OS/c1-12-7-9-13(10-8-12)15-11-23-17(19-15)21-20-16(22)18-14-5-3-2-4-6-14/h7-11,14H,2-6H2,1H3,(H,19,21)(H2,18,20,22). The number of thiazole rings is 1. The molecule has 2 amide bonds. The second-order valence-corrected chi connectivity index (χ2v) is 6.82. The molecule has 5 nitrogen and oxygen atoms in total. The maximum Gasteiger partial charge on any atom is 0.333 e. The molecule has 122 valence electrons. The van der Waals surface area contributed by atoms with Crippen LogP contribution in [0.25, 0.3) is 11.3 Å². The third-order valence-electron chi connectivity index (χ3n) is 4.07. The Morgan fingerprint density at radius 3 is 2.65 bits per heavy atom. The molecule has 2 aromatic rings. The molecule has 23 heavy (non-hydrogen) atoms. The Labute approximate surface area is 140 Å². The van der Waals surface area contributed by atoms with Crippen LogP contribution in [0.2, 0.25) is 0 Å². The van der Waals surface area contributed by atoms with Gasteiger partial charge in [-0.05, 0) is 19.8 Å². The van der Waals surface area contributed by atoms with Crippen molar-refractivity contribution < 1.29 is 4.79 Å². The number of urea groups is 1. The minimum atomic E-state index is -0.191. The average Bonchev–Trinajstić information content (AvgIpc) is 3.04. The first-order valence-electron chi connectivity index (χ1n) is 8.06. The van der Waals surface area contributed by atoms with Crippen LogP contribution < -0.4 is 16.2 Å². The highest BCUT2D eigenvalue weighted by Gasteiger charge is 2.15. The lowest BCUT2D eigenvalue weighted by Gasteiger charge is -2.22. The van der Waals surface area contributed by atoms with Gasteiger partial charge in [-0.15, -0.1) is 11.3 Å². The van der Waals surface area contributed by atoms with Crippen molar-refractivity contribution in [3.63, 3.8) is 0 Å². The summed E-state index contributed by atoms with van der Waals surface area (Å²) < 4.78 is 0. The summed E-state index contributed by atoms with van der Waals surface area (Å²) in [6, 6.07) is 8.35. The molecule has 0 unspecified atom stereocenters. The van der Waals surface area contributed by atoms with E-state index in [2.05, 4.69) is 52.3 Å². The lowest BCUT2D eigenvalue weighted by molar-refractivity contribution is 0.234. The van der Waals surface area contributed by atoms with Gasteiger partial charge in [0.05, 0.1) is 5.69 Å². The molecule has 0 radical (unpaired) electrons. The van der Waals surface area contributed by atoms with Gasteiger partial charge in [-0.3, -0.25) is 5.43 Å². The highest BCUT2D eigenvalue weighted by molar-refractivity contribution is 7.14. The molecule has 1 saturated carbocycles. The van der Waals surface area contributed by atoms with Crippen LogP contribution in [-0.2, 0) is 0 Å². The number of amides is 2. The number of benzene rings is 1. The molecule has 3 N–H and O–H groups in total. The van der Waals surface area contributed by atoms with Crippen molar-refractivity contribution in [3.05, 3.63) is 35.2 Å². The Hall–Kier alpha value is -2.08. The number of anilines is 1. The van der Waals surface area contributed by atoms with E-state index in [4.69, 9.17) is 0 Å². The number of hydrogen-bond acceptors (Lipinski definition) is 4. The number of hydrogen-bond donors (Lipinski definition) is 3. The Morgan fingerprint density at radius 1 is 1.17 bits per heavy atom. The molecule has 0 bridgehead atoms. The van der Waals surface area contributed by atoms with Gasteiger partial charge in [0.15, 0.2) is 0 Å². The Balaban J connectivity index is 1.50. The van der Waals surface area contributed by atoms with E-state index in [0.29, 0.717) is 11.2 Å². The highest BCUT2D eigenvalue weighted by Crippen LogP contribution is 2.24. The van der Waals surface area contributed by atoms with Crippen LogP contribution in [0.15, 0.2) is 29.6 Å². The minimum Gasteiger partial charge on any atom is -0.334 e. The third-order valence-corrected chi connectivity index (χ3v) is 4.83. The number of aromatic nitrogens is 1. The summed E-state index contributed by atoms with van der Waals surface area (Å²) in [5.74, 6) is 0. The summed E-state index contributed by atoms with van der Waals surface area (Å²) in [7, 11) is 0. The van der Waals surface area contributed by atoms with Crippen LogP contribution in [-0.4, -0.2) is 17.1 Å². The van der Waals surface area contributed by atoms with Gasteiger partial charge in [-0.25, -0.2) is 15.2 Å². The zero-order valence-corrected chi connectivity index (χ0v) is 14.1. The van der Waals surface area contributed by atoms with Crippen molar-refractivity contribution in [2.75, 3.05) is 5.43 Å². The van der Waals surface area contributed by atoms with E-state index in [1.165, 1.54) is 36.2 Å². The predicted octanol–water partition coefficient (Wildman–Crippen LogP) is 4.08. The van der Waals surface area contributed by atoms with Gasteiger partial charge in [-0.2, -0.15) is 0 Å². The fraction of sp³-hybridized carbons (Fsp3) is 0.412. The van der Waals surface area contributed by atoms with Crippen LogP contribution in [0.4, 0.5) is 9.93 Å². The van der Waals surface area contributed by atoms with Crippen LogP contribution in [0, 0.1) is 6.92 Å². The summed E-state index contributed by atoms with van der Waals surface area (Å²) in [6.07, 6.45) is 5.82. The zero-order chi connectivity index (χ0) is 16.1. The molecule has 6 heteroatoms. The summed E-state index contributed by atoms with van der Waals surface area (Å²) in [5, 5.41) is 5.66. The molecule has 3 rings (SSSR count). The molecule has 1 aromatic heterocycles. The fourth-order valence-corrected chi connectivity index (χ4v) is 3.44. The first-order chi connectivity index (χ1) is 11.2. The lowest BCUT2D eigenvalue weighted by atomic mass is 9.96. The lowest BCUT2D eigenvalue weighted by Crippen LogP contribution is -2.44. The number of rotatable bonds is 4. The third kappa shape index (κ3) is 4.45. The average molecular weight is 330 g/mol. The van der Waals surface area contributed by atoms with Crippen LogP contribution in [0.3, 0.4) is 0 Å². The van der Waals surface area contributed by atoms with E-state index in [0.717, 1.165) is 24.1 Å². The van der Waals surface area contributed by atoms with Crippen LogP contribution in [0.5, 0.6) is 0 Å². The molecule has 0 saturated heterocycles. The van der Waals surface area contributed by atoms with Gasteiger partial charge in [0.2, 0.25) is 5.13 Å². The fourth-order valence-electron chi connectivity index (χ4n) is 2.77. The largest absolute Gasteiger partial charge is 0.334 e. The molecule has 1 heterocycles. The van der Waals surface area contributed by atoms with Crippen molar-refractivity contribution in [2.24, 2.45) is 0 Å². The van der Waals surface area contributed by atoms with Crippen molar-refractivity contribution in [1.82, 2.24) is 15.7 Å². The van der Waals surface area contributed by atoms with Gasteiger partial charge < -0.3 is 5.32 Å². The van der Waals surface area contributed by atoms with E-state index in [9.17, 15) is 4.79 Å². The zero-order valence-electron chi connectivity index (χ0n) is 13.3. The number of nitrogens with zero attached hydrogens (tertiary/aromatic N) is 1. The molecule has 0 aliphatic heterocycles. The van der Waals surface area contributed by atoms with E-state index < -0.39 is 0 Å². The summed E-state index contributed by atoms with van der Waals surface area (Å²) in [5.41, 5.74) is 8.76. The van der Waals surface area contributed by atoms with E-state index in [-0.39, 0.29) is 6.03 Å². The maximum absolute atomic E-state index is 11.9. The SMILES string of the molecule is Cc1ccc(-c2csc(NNC(=O)NC3CCCCC3)n2)cc1. The molecule has 0 spiro atoms. The summed E-state index contributed by atoms with van der Waals surface area (Å²) in [4.78, 5) is 16.4. The second-order valence-electron chi connectivity index (χ2n) is 5.96. The number of aryl methyl sites for hydroxylation is 1. The van der Waals surface area contributed by atoms with Gasteiger partial charge in [0.1, 0.15) is 0 Å². The van der Waals surface area contributed by atoms with Gasteiger partial charge >= 0.3 is 6.03 Å². The van der Waals surface area contributed by atoms with Crippen LogP contribution >= 0.6 is 11.3 Å². The van der Waals surface area contributed by atoms with Crippen molar-refractivity contribution >= 4 is 22.5 Å². The first kappa shape index (κ1) is 15.8.